The van der Waals surface area contributed by atoms with Crippen LogP contribution in [-0.2, 0) is 0 Å². The van der Waals surface area contributed by atoms with Crippen LogP contribution in [0.1, 0.15) is 56.1 Å². The van der Waals surface area contributed by atoms with Gasteiger partial charge in [0.25, 0.3) is 0 Å². The average Bonchev–Trinajstić information content (AvgIpc) is 2.34. The van der Waals surface area contributed by atoms with Crippen LogP contribution in [-0.4, -0.2) is 13.9 Å². The molecule has 0 aliphatic heterocycles. The van der Waals surface area contributed by atoms with E-state index in [4.69, 9.17) is 0 Å². The van der Waals surface area contributed by atoms with Crippen LogP contribution in [0.2, 0.25) is 18.1 Å². The lowest BCUT2D eigenvalue weighted by Crippen LogP contribution is -2.43. The van der Waals surface area contributed by atoms with Gasteiger partial charge in [-0.1, -0.05) is 70.3 Å². The van der Waals surface area contributed by atoms with Crippen LogP contribution in [0.3, 0.4) is 0 Å². The second-order valence-corrected chi connectivity index (χ2v) is 12.7. The molecule has 0 bridgehead atoms. The molecule has 1 nitrogen and oxygen atoms in total. The Labute approximate surface area is 125 Å². The molecule has 1 rings (SSSR count). The number of hydrogen-bond acceptors (Lipinski definition) is 1. The van der Waals surface area contributed by atoms with E-state index >= 15 is 0 Å². The van der Waals surface area contributed by atoms with Gasteiger partial charge in [-0.2, -0.15) is 0 Å². The largest absolute Gasteiger partial charge is 0.295 e. The fourth-order valence-corrected chi connectivity index (χ4v) is 4.98. The molecule has 0 radical (unpaired) electrons. The molecule has 0 saturated carbocycles. The van der Waals surface area contributed by atoms with Gasteiger partial charge in [0, 0.05) is 5.56 Å². The smallest absolute Gasteiger partial charge is 0.159 e. The molecule has 0 saturated heterocycles. The molecule has 1 aromatic carbocycles. The first-order valence-corrected chi connectivity index (χ1v) is 10.4. The van der Waals surface area contributed by atoms with E-state index in [2.05, 4.69) is 65.1 Å². The molecule has 0 aromatic heterocycles. The summed E-state index contributed by atoms with van der Waals surface area (Å²) in [5.41, 5.74) is 2.61. The standard InChI is InChI=1S/C18H28OSi/c1-8-9-17(20(6,7)18(3,4)5)16-12-10-15(11-13-16)14(2)19/h8-13,17H,1-7H3/b9-8+. The highest BCUT2D eigenvalue weighted by Gasteiger charge is 2.41. The summed E-state index contributed by atoms with van der Waals surface area (Å²) in [6, 6.07) is 8.17. The van der Waals surface area contributed by atoms with Crippen LogP contribution >= 0.6 is 0 Å². The molecule has 110 valence electrons. The van der Waals surface area contributed by atoms with Crippen LogP contribution in [0, 0.1) is 0 Å². The molecule has 20 heavy (non-hydrogen) atoms. The molecular weight excluding hydrogens is 260 g/mol. The SMILES string of the molecule is C/C=C/C(c1ccc(C(C)=O)cc1)[Si](C)(C)C(C)(C)C. The molecule has 1 unspecified atom stereocenters. The number of carbonyl (C=O) groups is 1. The maximum absolute atomic E-state index is 11.4. The number of benzene rings is 1. The summed E-state index contributed by atoms with van der Waals surface area (Å²) >= 11 is 0. The number of ketones is 1. The Hall–Kier alpha value is -1.15. The van der Waals surface area contributed by atoms with Crippen molar-refractivity contribution in [2.45, 2.75) is 58.3 Å². The number of hydrogen-bond donors (Lipinski definition) is 0. The van der Waals surface area contributed by atoms with Gasteiger partial charge in [0.2, 0.25) is 0 Å². The van der Waals surface area contributed by atoms with E-state index in [0.29, 0.717) is 10.6 Å². The summed E-state index contributed by atoms with van der Waals surface area (Å²) in [7, 11) is -1.51. The molecular formula is C18H28OSi. The van der Waals surface area contributed by atoms with Crippen molar-refractivity contribution >= 4 is 13.9 Å². The van der Waals surface area contributed by atoms with Crippen molar-refractivity contribution in [3.05, 3.63) is 47.5 Å². The van der Waals surface area contributed by atoms with Crippen LogP contribution < -0.4 is 0 Å². The second kappa shape index (κ2) is 6.09. The van der Waals surface area contributed by atoms with Gasteiger partial charge >= 0.3 is 0 Å². The van der Waals surface area contributed by atoms with Gasteiger partial charge in [0.1, 0.15) is 0 Å². The zero-order valence-corrected chi connectivity index (χ0v) is 14.9. The summed E-state index contributed by atoms with van der Waals surface area (Å²) in [6.07, 6.45) is 4.49. The normalized spacial score (nSPS) is 14.6. The van der Waals surface area contributed by atoms with Crippen molar-refractivity contribution in [3.8, 4) is 0 Å². The molecule has 0 aliphatic rings. The Balaban J connectivity index is 3.24. The second-order valence-electron chi connectivity index (χ2n) is 7.15. The van der Waals surface area contributed by atoms with E-state index in [1.807, 2.05) is 12.1 Å². The van der Waals surface area contributed by atoms with Gasteiger partial charge in [-0.05, 0) is 30.0 Å². The number of allylic oxidation sites excluding steroid dienone is 2. The van der Waals surface area contributed by atoms with Crippen molar-refractivity contribution in [1.29, 1.82) is 0 Å². The molecule has 0 N–H and O–H groups in total. The Kier molecular flexibility index (Phi) is 5.14. The van der Waals surface area contributed by atoms with E-state index in [-0.39, 0.29) is 5.78 Å². The van der Waals surface area contributed by atoms with E-state index in [1.165, 1.54) is 5.56 Å². The number of Topliss-reactive ketones (excluding diaryl/α,β-unsaturated/α-hetero) is 1. The van der Waals surface area contributed by atoms with E-state index < -0.39 is 8.07 Å². The Bertz CT molecular complexity index is 489. The Morgan fingerprint density at radius 2 is 1.65 bits per heavy atom. The summed E-state index contributed by atoms with van der Waals surface area (Å²) in [6.45, 7) is 15.7. The molecule has 1 aromatic rings. The summed E-state index contributed by atoms with van der Waals surface area (Å²) in [4.78, 5) is 11.4. The molecule has 0 aliphatic carbocycles. The van der Waals surface area contributed by atoms with Crippen molar-refractivity contribution in [3.63, 3.8) is 0 Å². The summed E-state index contributed by atoms with van der Waals surface area (Å²) < 4.78 is 0. The fourth-order valence-electron chi connectivity index (χ4n) is 2.35. The third-order valence-electron chi connectivity index (χ3n) is 4.77. The van der Waals surface area contributed by atoms with Crippen LogP contribution in [0.15, 0.2) is 36.4 Å². The van der Waals surface area contributed by atoms with Gasteiger partial charge in [0.15, 0.2) is 5.78 Å². The maximum Gasteiger partial charge on any atom is 0.159 e. The van der Waals surface area contributed by atoms with Gasteiger partial charge in [-0.3, -0.25) is 4.79 Å². The minimum atomic E-state index is -1.51. The van der Waals surface area contributed by atoms with Gasteiger partial charge in [-0.15, -0.1) is 0 Å². The van der Waals surface area contributed by atoms with Crippen molar-refractivity contribution < 1.29 is 4.79 Å². The van der Waals surface area contributed by atoms with Crippen molar-refractivity contribution in [1.82, 2.24) is 0 Å². The Morgan fingerprint density at radius 3 is 2.00 bits per heavy atom. The van der Waals surface area contributed by atoms with Gasteiger partial charge in [0.05, 0.1) is 8.07 Å². The first kappa shape index (κ1) is 16.9. The molecule has 0 fully saturated rings. The monoisotopic (exact) mass is 288 g/mol. The van der Waals surface area contributed by atoms with Crippen LogP contribution in [0.25, 0.3) is 0 Å². The first-order valence-electron chi connectivity index (χ1n) is 7.35. The molecule has 0 spiro atoms. The van der Waals surface area contributed by atoms with Crippen molar-refractivity contribution in [2.24, 2.45) is 0 Å². The van der Waals surface area contributed by atoms with Crippen LogP contribution in [0.5, 0.6) is 0 Å². The number of rotatable bonds is 4. The third kappa shape index (κ3) is 3.48. The van der Waals surface area contributed by atoms with E-state index in [1.54, 1.807) is 6.92 Å². The average molecular weight is 289 g/mol. The van der Waals surface area contributed by atoms with Gasteiger partial charge in [-0.25, -0.2) is 0 Å². The lowest BCUT2D eigenvalue weighted by atomic mass is 10.1. The molecule has 1 atom stereocenters. The van der Waals surface area contributed by atoms with Crippen molar-refractivity contribution in [2.75, 3.05) is 0 Å². The Morgan fingerprint density at radius 1 is 1.15 bits per heavy atom. The minimum absolute atomic E-state index is 0.131. The predicted molar refractivity (Wildman–Crippen MR) is 91.2 cm³/mol. The quantitative estimate of drug-likeness (QED) is 0.400. The van der Waals surface area contributed by atoms with Gasteiger partial charge < -0.3 is 0 Å². The maximum atomic E-state index is 11.4. The zero-order valence-electron chi connectivity index (χ0n) is 13.9. The first-order chi connectivity index (χ1) is 9.11. The lowest BCUT2D eigenvalue weighted by molar-refractivity contribution is 0.101. The fraction of sp³-hybridized carbons (Fsp3) is 0.500. The van der Waals surface area contributed by atoms with E-state index in [9.17, 15) is 4.79 Å². The molecule has 2 heteroatoms. The predicted octanol–water partition coefficient (Wildman–Crippen LogP) is 5.60. The molecule has 0 heterocycles. The highest BCUT2D eigenvalue weighted by atomic mass is 28.3. The topological polar surface area (TPSA) is 17.1 Å². The van der Waals surface area contributed by atoms with E-state index in [0.717, 1.165) is 5.56 Å². The lowest BCUT2D eigenvalue weighted by Gasteiger charge is -2.42. The highest BCUT2D eigenvalue weighted by Crippen LogP contribution is 2.45. The molecule has 0 amide bonds. The summed E-state index contributed by atoms with van der Waals surface area (Å²) in [5, 5.41) is 0.330. The highest BCUT2D eigenvalue weighted by molar-refractivity contribution is 6.81. The number of carbonyl (C=O) groups excluding carboxylic acids is 1. The third-order valence-corrected chi connectivity index (χ3v) is 10.7. The minimum Gasteiger partial charge on any atom is -0.295 e. The summed E-state index contributed by atoms with van der Waals surface area (Å²) in [5.74, 6) is 0.131. The van der Waals surface area contributed by atoms with Crippen LogP contribution in [0.4, 0.5) is 0 Å². The zero-order chi connectivity index (χ0) is 15.6.